The summed E-state index contributed by atoms with van der Waals surface area (Å²) in [4.78, 5) is 80.6. The van der Waals surface area contributed by atoms with Crippen molar-refractivity contribution in [2.24, 2.45) is 11.8 Å². The molecule has 0 aromatic heterocycles. The van der Waals surface area contributed by atoms with E-state index in [1.807, 2.05) is 64.1 Å². The molecular weight excluding hydrogens is 1270 g/mol. The largest absolute Gasteiger partial charge is 0.495 e. The zero-order valence-corrected chi connectivity index (χ0v) is 58.1. The number of esters is 4. The molecule has 2 amide bonds. The Bertz CT molecular complexity index is 3270. The predicted molar refractivity (Wildman–Crippen MR) is 350 cm³/mol. The third-order valence-corrected chi connectivity index (χ3v) is 20.0. The molecule has 7 heterocycles. The molecular formula is C67H90Cl2N4O19S. The van der Waals surface area contributed by atoms with Gasteiger partial charge in [-0.25, -0.2) is 4.79 Å². The van der Waals surface area contributed by atoms with Gasteiger partial charge in [0.15, 0.2) is 0 Å². The number of aliphatic hydroxyl groups excluding tert-OH is 1. The average molecular weight is 1360 g/mol. The molecule has 2 aromatic carbocycles. The first-order valence-corrected chi connectivity index (χ1v) is 32.0. The lowest BCUT2D eigenvalue weighted by Gasteiger charge is -2.41. The lowest BCUT2D eigenvalue weighted by atomic mass is 9.78. The van der Waals surface area contributed by atoms with E-state index in [0.29, 0.717) is 40.7 Å². The number of benzene rings is 2. The molecule has 7 aliphatic heterocycles. The number of ether oxygens (including phenoxy) is 10. The van der Waals surface area contributed by atoms with E-state index < -0.39 is 101 Å². The van der Waals surface area contributed by atoms with Gasteiger partial charge in [-0.1, -0.05) is 84.7 Å². The number of amides is 2. The van der Waals surface area contributed by atoms with E-state index in [2.05, 4.69) is 22.3 Å². The van der Waals surface area contributed by atoms with Gasteiger partial charge in [0.2, 0.25) is 11.8 Å². The molecule has 0 spiro atoms. The van der Waals surface area contributed by atoms with Crippen LogP contribution < -0.4 is 24.6 Å². The standard InChI is InChI=1S/C33H45ClN2O9.C29H38ClNO8.C5H7NO2S/c1-18-10-9-11-25(42-8)33(40)16-24(43-28(38)17-33)19(2)30-32(4,45-30)26(44-31(39)20(3)35-5)15-27(37)36(6)22-13-21(12-18)14-23(41-7)29(22)34;1-16-8-7-9-23(37-6)29(35)14-21(38-25(34)15-29)17(2)27-28(3,39-27)22(32)13-24(33)31(4)19-11-18(10-16)12-20(36-5)26(19)30;1-3-4(7)8-5(9)6(3)2/h9-11,13-14,19-20,24-26,30,35,40H,12,15-17H2,1-8H3;7-9,11-12,17,21-23,27,32,35H,10,13-15H2,1-6H3;3H,1-2H3/b11-9+,18-10+;9-7+,16-8+;/t19-,20+,24+,25-,26+,30+,32+,33-;17-,21+,22+,23-,27+,28+,29-;3-/m110/s1. The Morgan fingerprint density at radius 1 is 0.710 bits per heavy atom. The molecule has 16 atom stereocenters. The molecule has 23 nitrogen and oxygen atoms in total. The van der Waals surface area contributed by atoms with Gasteiger partial charge in [-0.3, -0.25) is 24.0 Å². The second-order valence-electron chi connectivity index (χ2n) is 25.7. The third-order valence-electron chi connectivity index (χ3n) is 18.9. The van der Waals surface area contributed by atoms with Crippen LogP contribution in [-0.4, -0.2) is 201 Å². The Labute approximate surface area is 559 Å². The highest BCUT2D eigenvalue weighted by molar-refractivity contribution is 7.80. The summed E-state index contributed by atoms with van der Waals surface area (Å²) in [5, 5.41) is 38.0. The minimum absolute atomic E-state index is 0.106. The monoisotopic (exact) mass is 1360 g/mol. The van der Waals surface area contributed by atoms with E-state index in [1.165, 1.54) is 38.2 Å². The van der Waals surface area contributed by atoms with E-state index >= 15 is 0 Å². The lowest BCUT2D eigenvalue weighted by molar-refractivity contribution is -0.188. The smallest absolute Gasteiger partial charge is 0.335 e. The van der Waals surface area contributed by atoms with Gasteiger partial charge < -0.3 is 82.7 Å². The highest BCUT2D eigenvalue weighted by Crippen LogP contribution is 2.51. The molecule has 0 aliphatic carbocycles. The van der Waals surface area contributed by atoms with Crippen LogP contribution in [-0.2, 0) is 79.5 Å². The maximum atomic E-state index is 13.8. The Kier molecular flexibility index (Phi) is 24.3. The summed E-state index contributed by atoms with van der Waals surface area (Å²) in [7, 11) is 12.6. The maximum Gasteiger partial charge on any atom is 0.335 e. The fourth-order valence-electron chi connectivity index (χ4n) is 12.5. The van der Waals surface area contributed by atoms with Crippen LogP contribution in [0.3, 0.4) is 0 Å². The average Bonchev–Trinajstić information content (AvgIpc) is 1.59. The van der Waals surface area contributed by atoms with Crippen LogP contribution in [0, 0.1) is 11.8 Å². The number of rotatable bonds is 7. The van der Waals surface area contributed by atoms with Crippen LogP contribution in [0.5, 0.6) is 11.5 Å². The molecule has 2 aromatic rings. The van der Waals surface area contributed by atoms with E-state index in [1.54, 1.807) is 85.1 Å². The number of carbonyl (C=O) groups is 6. The number of methoxy groups -OCH3 is 4. The van der Waals surface area contributed by atoms with Crippen molar-refractivity contribution in [3.63, 3.8) is 0 Å². The molecule has 5 saturated heterocycles. The van der Waals surface area contributed by atoms with Crippen molar-refractivity contribution in [2.45, 2.75) is 190 Å². The minimum atomic E-state index is -1.53. The molecule has 7 aliphatic rings. The number of hydrogen-bond donors (Lipinski definition) is 4. The fourth-order valence-corrected chi connectivity index (χ4v) is 13.4. The second kappa shape index (κ2) is 30.4. The maximum absolute atomic E-state index is 13.8. The summed E-state index contributed by atoms with van der Waals surface area (Å²) >= 11 is 18.0. The number of halogens is 2. The number of anilines is 2. The van der Waals surface area contributed by atoms with Crippen molar-refractivity contribution in [3.05, 3.63) is 93.0 Å². The van der Waals surface area contributed by atoms with E-state index in [4.69, 9.17) is 65.8 Å². The van der Waals surface area contributed by atoms with Crippen molar-refractivity contribution in [1.29, 1.82) is 0 Å². The SMILES string of the molecule is CN[C@@H](C)C(=O)O[C@H]1CC(=O)N(C)c2cc(cc(OC)c2Cl)C/C(C)=C/C=C/[C@@H](OC)[C@]2(O)CC(=O)O[C@@H](C2)[C@@H](C)[C@@H]2O[C@@]12C.COc1cc2cc(c1Cl)N(C)C(=O)C[C@H](O)[C@]1(C)O[C@H]1[C@H](C)[C@@H]1C[C@@](O)(CC(=O)O1)[C@H](OC)/C=C/C=C(\C)C2.C[C@H]1C(=O)OC(=S)N1C. The minimum Gasteiger partial charge on any atom is -0.495 e. The summed E-state index contributed by atoms with van der Waals surface area (Å²) in [6.07, 6.45) is 5.26. The molecule has 0 saturated carbocycles. The van der Waals surface area contributed by atoms with Gasteiger partial charge in [0, 0.05) is 60.0 Å². The van der Waals surface area contributed by atoms with Crippen molar-refractivity contribution in [2.75, 3.05) is 66.4 Å². The van der Waals surface area contributed by atoms with E-state index in [-0.39, 0.29) is 78.5 Å². The number of aliphatic hydroxyl groups is 3. The van der Waals surface area contributed by atoms with Crippen molar-refractivity contribution in [3.8, 4) is 11.5 Å². The number of nitrogens with zero attached hydrogens (tertiary/aromatic N) is 3. The van der Waals surface area contributed by atoms with Crippen LogP contribution in [0.4, 0.5) is 11.4 Å². The summed E-state index contributed by atoms with van der Waals surface area (Å²) in [5.41, 5.74) is -0.502. The van der Waals surface area contributed by atoms with Gasteiger partial charge in [0.1, 0.15) is 86.6 Å². The van der Waals surface area contributed by atoms with Gasteiger partial charge in [0.05, 0.1) is 69.6 Å². The zero-order valence-electron chi connectivity index (χ0n) is 55.7. The van der Waals surface area contributed by atoms with Crippen LogP contribution >= 0.6 is 35.4 Å². The molecule has 4 N–H and O–H groups in total. The molecule has 26 heteroatoms. The van der Waals surface area contributed by atoms with Crippen LogP contribution in [0.2, 0.25) is 10.0 Å². The Morgan fingerprint density at radius 2 is 1.14 bits per heavy atom. The normalized spacial score (nSPS) is 35.4. The van der Waals surface area contributed by atoms with Crippen LogP contribution in [0.15, 0.2) is 71.9 Å². The number of hydrogen-bond acceptors (Lipinski definition) is 21. The highest BCUT2D eigenvalue weighted by atomic mass is 35.5. The first-order chi connectivity index (χ1) is 43.6. The third kappa shape index (κ3) is 16.8. The number of nitrogens with one attached hydrogen (secondary N) is 1. The van der Waals surface area contributed by atoms with Gasteiger partial charge in [-0.05, 0) is 109 Å². The van der Waals surface area contributed by atoms with Crippen molar-refractivity contribution < 1.29 is 91.5 Å². The van der Waals surface area contributed by atoms with Gasteiger partial charge in [-0.15, -0.1) is 0 Å². The van der Waals surface area contributed by atoms with Crippen molar-refractivity contribution >= 4 is 87.7 Å². The fraction of sp³-hybridized carbons (Fsp3) is 0.597. The molecule has 9 rings (SSSR count). The number of fused-ring (bicyclic) bond motifs is 10. The quantitative estimate of drug-likeness (QED) is 0.0936. The molecule has 8 bridgehead atoms. The van der Waals surface area contributed by atoms with Gasteiger partial charge >= 0.3 is 23.9 Å². The first-order valence-electron chi connectivity index (χ1n) is 30.9. The van der Waals surface area contributed by atoms with Crippen LogP contribution in [0.25, 0.3) is 0 Å². The topological polar surface area (TPSA) is 284 Å². The molecule has 512 valence electrons. The summed E-state index contributed by atoms with van der Waals surface area (Å²) in [6, 6.07) is 6.45. The summed E-state index contributed by atoms with van der Waals surface area (Å²) < 4.78 is 56.3. The molecule has 93 heavy (non-hydrogen) atoms. The first kappa shape index (κ1) is 74.4. The molecule has 5 fully saturated rings. The van der Waals surface area contributed by atoms with Gasteiger partial charge in [0.25, 0.3) is 5.17 Å². The zero-order chi connectivity index (χ0) is 69.0. The summed E-state index contributed by atoms with van der Waals surface area (Å²) in [6.45, 7) is 14.5. The van der Waals surface area contributed by atoms with E-state index in [0.717, 1.165) is 22.3 Å². The van der Waals surface area contributed by atoms with Gasteiger partial charge in [-0.2, -0.15) is 0 Å². The Hall–Kier alpha value is -6.03. The predicted octanol–water partition coefficient (Wildman–Crippen LogP) is 7.04. The number of carbonyl (C=O) groups excluding carboxylic acids is 6. The number of likely N-dealkylation sites (N-methyl/N-ethyl adjacent to an activating group) is 2. The Balaban J connectivity index is 0.000000233. The van der Waals surface area contributed by atoms with Crippen molar-refractivity contribution in [1.82, 2.24) is 10.2 Å². The van der Waals surface area contributed by atoms with E-state index in [9.17, 15) is 44.1 Å². The number of allylic oxidation sites excluding steroid dienone is 6. The Morgan fingerprint density at radius 3 is 1.53 bits per heavy atom. The lowest BCUT2D eigenvalue weighted by Crippen LogP contribution is -2.53. The highest BCUT2D eigenvalue weighted by Gasteiger charge is 2.65. The number of thiocarbonyl (C=S) groups is 1. The molecule has 0 radical (unpaired) electrons. The summed E-state index contributed by atoms with van der Waals surface area (Å²) in [5.74, 6) is -2.51. The number of epoxide rings is 2. The van der Waals surface area contributed by atoms with Crippen LogP contribution in [0.1, 0.15) is 105 Å². The molecule has 0 unspecified atom stereocenters. The second-order valence-corrected chi connectivity index (χ2v) is 26.8. The number of cyclic esters (lactones) is 1.